The maximum atomic E-state index is 12.1. The van der Waals surface area contributed by atoms with Crippen LogP contribution in [0.5, 0.6) is 0 Å². The van der Waals surface area contributed by atoms with Gasteiger partial charge >= 0.3 is 0 Å². The number of benzene rings is 1. The first kappa shape index (κ1) is 13.0. The molecule has 0 fully saturated rings. The first-order chi connectivity index (χ1) is 9.20. The van der Waals surface area contributed by atoms with Gasteiger partial charge in [-0.2, -0.15) is 10.2 Å². The largest absolute Gasteiger partial charge is 0.346 e. The molecular formula is C13H15N5O. The monoisotopic (exact) mass is 257 g/mol. The van der Waals surface area contributed by atoms with E-state index in [1.807, 2.05) is 13.0 Å². The summed E-state index contributed by atoms with van der Waals surface area (Å²) in [6, 6.07) is 9.00. The summed E-state index contributed by atoms with van der Waals surface area (Å²) in [5.74, 6) is 5.19. The average Bonchev–Trinajstić information content (AvgIpc) is 2.46. The van der Waals surface area contributed by atoms with Gasteiger partial charge in [-0.1, -0.05) is 11.6 Å². The van der Waals surface area contributed by atoms with E-state index in [1.54, 1.807) is 30.5 Å². The summed E-state index contributed by atoms with van der Waals surface area (Å²) in [6.45, 7) is 2.24. The molecule has 0 spiro atoms. The van der Waals surface area contributed by atoms with Gasteiger partial charge in [-0.15, -0.1) is 0 Å². The molecular weight excluding hydrogens is 242 g/mol. The summed E-state index contributed by atoms with van der Waals surface area (Å²) in [4.78, 5) is 12.1. The SMILES string of the molecule is Cc1ccc(NN)c(C(=O)NCc2cccnn2)c1. The third-order valence-corrected chi connectivity index (χ3v) is 2.63. The first-order valence-corrected chi connectivity index (χ1v) is 5.83. The molecule has 0 saturated heterocycles. The molecule has 1 aromatic carbocycles. The van der Waals surface area contributed by atoms with Crippen molar-refractivity contribution in [2.24, 2.45) is 5.84 Å². The van der Waals surface area contributed by atoms with Gasteiger partial charge in [0.05, 0.1) is 23.5 Å². The molecule has 4 N–H and O–H groups in total. The fraction of sp³-hybridized carbons (Fsp3) is 0.154. The van der Waals surface area contributed by atoms with Crippen molar-refractivity contribution in [1.82, 2.24) is 15.5 Å². The van der Waals surface area contributed by atoms with Gasteiger partial charge in [-0.3, -0.25) is 10.6 Å². The molecule has 2 aromatic rings. The lowest BCUT2D eigenvalue weighted by atomic mass is 10.1. The van der Waals surface area contributed by atoms with E-state index < -0.39 is 0 Å². The van der Waals surface area contributed by atoms with Crippen LogP contribution in [0.4, 0.5) is 5.69 Å². The summed E-state index contributed by atoms with van der Waals surface area (Å²) in [6.07, 6.45) is 1.59. The molecule has 0 aliphatic heterocycles. The van der Waals surface area contributed by atoms with Gasteiger partial charge in [-0.05, 0) is 31.2 Å². The normalized spacial score (nSPS) is 10.0. The number of aryl methyl sites for hydroxylation is 1. The molecule has 98 valence electrons. The van der Waals surface area contributed by atoms with Gasteiger partial charge in [0.1, 0.15) is 0 Å². The van der Waals surface area contributed by atoms with Gasteiger partial charge in [0.2, 0.25) is 0 Å². The van der Waals surface area contributed by atoms with E-state index in [0.717, 1.165) is 5.56 Å². The number of rotatable bonds is 4. The molecule has 6 nitrogen and oxygen atoms in total. The van der Waals surface area contributed by atoms with Gasteiger partial charge in [0, 0.05) is 6.20 Å². The van der Waals surface area contributed by atoms with Gasteiger partial charge in [-0.25, -0.2) is 0 Å². The van der Waals surface area contributed by atoms with E-state index >= 15 is 0 Å². The Hall–Kier alpha value is -2.47. The summed E-state index contributed by atoms with van der Waals surface area (Å²) >= 11 is 0. The fourth-order valence-corrected chi connectivity index (χ4v) is 1.67. The smallest absolute Gasteiger partial charge is 0.253 e. The molecule has 0 saturated carbocycles. The van der Waals surface area contributed by atoms with E-state index in [4.69, 9.17) is 5.84 Å². The second kappa shape index (κ2) is 5.92. The van der Waals surface area contributed by atoms with Crippen molar-refractivity contribution in [3.05, 3.63) is 53.3 Å². The number of amides is 1. The number of nitrogens with one attached hydrogen (secondary N) is 2. The second-order valence-corrected chi connectivity index (χ2v) is 4.09. The minimum atomic E-state index is -0.206. The van der Waals surface area contributed by atoms with Crippen molar-refractivity contribution < 1.29 is 4.79 Å². The van der Waals surface area contributed by atoms with E-state index in [0.29, 0.717) is 23.5 Å². The summed E-state index contributed by atoms with van der Waals surface area (Å²) in [5, 5.41) is 10.4. The molecule has 0 aliphatic rings. The molecule has 0 radical (unpaired) electrons. The Kier molecular flexibility index (Phi) is 4.04. The minimum absolute atomic E-state index is 0.206. The van der Waals surface area contributed by atoms with Gasteiger partial charge in [0.15, 0.2) is 0 Å². The number of carbonyl (C=O) groups is 1. The molecule has 19 heavy (non-hydrogen) atoms. The maximum absolute atomic E-state index is 12.1. The Balaban J connectivity index is 2.10. The van der Waals surface area contributed by atoms with Crippen LogP contribution in [0.15, 0.2) is 36.5 Å². The van der Waals surface area contributed by atoms with Crippen LogP contribution in [-0.4, -0.2) is 16.1 Å². The Morgan fingerprint density at radius 2 is 2.21 bits per heavy atom. The Morgan fingerprint density at radius 3 is 2.89 bits per heavy atom. The number of hydrogen-bond donors (Lipinski definition) is 3. The van der Waals surface area contributed by atoms with E-state index in [2.05, 4.69) is 20.9 Å². The fourth-order valence-electron chi connectivity index (χ4n) is 1.67. The van der Waals surface area contributed by atoms with Crippen LogP contribution in [0.2, 0.25) is 0 Å². The number of aromatic nitrogens is 2. The summed E-state index contributed by atoms with van der Waals surface area (Å²) < 4.78 is 0. The van der Waals surface area contributed by atoms with Crippen molar-refractivity contribution in [2.75, 3.05) is 5.43 Å². The summed E-state index contributed by atoms with van der Waals surface area (Å²) in [7, 11) is 0. The minimum Gasteiger partial charge on any atom is -0.346 e. The molecule has 2 rings (SSSR count). The zero-order valence-electron chi connectivity index (χ0n) is 10.6. The molecule has 1 heterocycles. The first-order valence-electron chi connectivity index (χ1n) is 5.83. The topological polar surface area (TPSA) is 92.9 Å². The molecule has 1 amide bonds. The number of nitrogens with zero attached hydrogens (tertiary/aromatic N) is 2. The van der Waals surface area contributed by atoms with Gasteiger partial charge < -0.3 is 10.7 Å². The highest BCUT2D eigenvalue weighted by Crippen LogP contribution is 2.16. The molecule has 0 unspecified atom stereocenters. The second-order valence-electron chi connectivity index (χ2n) is 4.09. The molecule has 1 aromatic heterocycles. The predicted molar refractivity (Wildman–Crippen MR) is 72.2 cm³/mol. The Labute approximate surface area is 111 Å². The van der Waals surface area contributed by atoms with Crippen LogP contribution in [0, 0.1) is 6.92 Å². The lowest BCUT2D eigenvalue weighted by molar-refractivity contribution is 0.0951. The maximum Gasteiger partial charge on any atom is 0.253 e. The quantitative estimate of drug-likeness (QED) is 0.561. The van der Waals surface area contributed by atoms with Crippen molar-refractivity contribution in [3.63, 3.8) is 0 Å². The van der Waals surface area contributed by atoms with Gasteiger partial charge in [0.25, 0.3) is 5.91 Å². The standard InChI is InChI=1S/C13H15N5O/c1-9-4-5-12(17-14)11(7-9)13(19)15-8-10-3-2-6-16-18-10/h2-7,17H,8,14H2,1H3,(H,15,19). The number of carbonyl (C=O) groups excluding carboxylic acids is 1. The van der Waals surface area contributed by atoms with Crippen molar-refractivity contribution in [2.45, 2.75) is 13.5 Å². The lowest BCUT2D eigenvalue weighted by Crippen LogP contribution is -2.25. The number of nitrogen functional groups attached to an aromatic ring is 1. The number of hydrazine groups is 1. The Morgan fingerprint density at radius 1 is 1.37 bits per heavy atom. The van der Waals surface area contributed by atoms with Crippen LogP contribution in [0.25, 0.3) is 0 Å². The molecule has 6 heteroatoms. The highest BCUT2D eigenvalue weighted by atomic mass is 16.1. The van der Waals surface area contributed by atoms with Crippen LogP contribution < -0.4 is 16.6 Å². The van der Waals surface area contributed by atoms with Crippen LogP contribution >= 0.6 is 0 Å². The predicted octanol–water partition coefficient (Wildman–Crippen LogP) is 1.00. The third kappa shape index (κ3) is 3.26. The zero-order chi connectivity index (χ0) is 13.7. The van der Waals surface area contributed by atoms with Crippen LogP contribution in [0.1, 0.15) is 21.6 Å². The highest BCUT2D eigenvalue weighted by Gasteiger charge is 2.11. The van der Waals surface area contributed by atoms with Crippen molar-refractivity contribution >= 4 is 11.6 Å². The zero-order valence-corrected chi connectivity index (χ0v) is 10.6. The molecule has 0 atom stereocenters. The number of hydrogen-bond acceptors (Lipinski definition) is 5. The van der Waals surface area contributed by atoms with Crippen LogP contribution in [0.3, 0.4) is 0 Å². The van der Waals surface area contributed by atoms with Crippen molar-refractivity contribution in [1.29, 1.82) is 0 Å². The third-order valence-electron chi connectivity index (χ3n) is 2.63. The Bertz CT molecular complexity index is 571. The lowest BCUT2D eigenvalue weighted by Gasteiger charge is -2.10. The molecule has 0 aliphatic carbocycles. The van der Waals surface area contributed by atoms with E-state index in [-0.39, 0.29) is 5.91 Å². The van der Waals surface area contributed by atoms with Crippen molar-refractivity contribution in [3.8, 4) is 0 Å². The number of anilines is 1. The molecule has 0 bridgehead atoms. The van der Waals surface area contributed by atoms with Crippen LogP contribution in [-0.2, 0) is 6.54 Å². The number of nitrogens with two attached hydrogens (primary N) is 1. The average molecular weight is 257 g/mol. The van der Waals surface area contributed by atoms with E-state index in [9.17, 15) is 4.79 Å². The highest BCUT2D eigenvalue weighted by molar-refractivity contribution is 5.99. The van der Waals surface area contributed by atoms with E-state index in [1.165, 1.54) is 0 Å². The summed E-state index contributed by atoms with van der Waals surface area (Å²) in [5.41, 5.74) is 5.29.